The van der Waals surface area contributed by atoms with Gasteiger partial charge in [-0.3, -0.25) is 4.90 Å². The molecule has 0 spiro atoms. The normalized spacial score (nSPS) is 19.0. The smallest absolute Gasteiger partial charge is 0.119 e. The largest absolute Gasteiger partial charge is 0.491 e. The van der Waals surface area contributed by atoms with Crippen molar-refractivity contribution in [1.82, 2.24) is 9.80 Å². The second kappa shape index (κ2) is 8.48. The number of likely N-dealkylation sites (tertiary alicyclic amines) is 1. The number of benzene rings is 1. The predicted octanol–water partition coefficient (Wildman–Crippen LogP) is 2.11. The predicted molar refractivity (Wildman–Crippen MR) is 94.7 cm³/mol. The van der Waals surface area contributed by atoms with E-state index in [4.69, 9.17) is 4.74 Å². The fourth-order valence-electron chi connectivity index (χ4n) is 2.93. The molecule has 132 valence electrons. The minimum Gasteiger partial charge on any atom is -0.491 e. The van der Waals surface area contributed by atoms with Crippen molar-refractivity contribution >= 4 is 0 Å². The topological polar surface area (TPSA) is 59.7 Å². The maximum absolute atomic E-state index is 9.82. The van der Waals surface area contributed by atoms with Crippen molar-refractivity contribution in [3.05, 3.63) is 29.8 Å². The van der Waals surface area contributed by atoms with E-state index in [1.807, 2.05) is 31.1 Å². The van der Waals surface area contributed by atoms with Gasteiger partial charge in [0.05, 0.1) is 11.5 Å². The average Bonchev–Trinajstić information content (AvgIpc) is 2.56. The van der Waals surface area contributed by atoms with Crippen molar-refractivity contribution in [2.75, 3.05) is 40.3 Å². The maximum Gasteiger partial charge on any atom is 0.119 e. The molecule has 1 aromatic carbocycles. The first-order valence-corrected chi connectivity index (χ1v) is 8.58. The molecule has 5 nitrogen and oxygen atoms in total. The highest BCUT2D eigenvalue weighted by Crippen LogP contribution is 2.30. The second-order valence-electron chi connectivity index (χ2n) is 7.32. The van der Waals surface area contributed by atoms with Crippen LogP contribution in [0.4, 0.5) is 0 Å². The molecule has 24 heavy (non-hydrogen) atoms. The van der Waals surface area contributed by atoms with Crippen LogP contribution in [-0.4, -0.2) is 61.3 Å². The zero-order chi connectivity index (χ0) is 17.6. The first kappa shape index (κ1) is 18.7. The van der Waals surface area contributed by atoms with Crippen molar-refractivity contribution < 1.29 is 9.84 Å². The maximum atomic E-state index is 9.82. The molecular formula is C19H29N3O2. The first-order valence-electron chi connectivity index (χ1n) is 8.58. The number of nitrogens with zero attached hydrogens (tertiary/aromatic N) is 3. The molecule has 0 radical (unpaired) electrons. The van der Waals surface area contributed by atoms with Gasteiger partial charge in [0, 0.05) is 13.1 Å². The van der Waals surface area contributed by atoms with Crippen LogP contribution in [0.15, 0.2) is 24.3 Å². The Labute approximate surface area is 145 Å². The van der Waals surface area contributed by atoms with Crippen molar-refractivity contribution in [2.24, 2.45) is 5.41 Å². The molecule has 0 aliphatic carbocycles. The van der Waals surface area contributed by atoms with Gasteiger partial charge in [0.2, 0.25) is 0 Å². The molecule has 1 saturated heterocycles. The van der Waals surface area contributed by atoms with Crippen LogP contribution in [0, 0.1) is 16.7 Å². The molecule has 1 fully saturated rings. The van der Waals surface area contributed by atoms with E-state index >= 15 is 0 Å². The van der Waals surface area contributed by atoms with E-state index in [1.165, 1.54) is 5.56 Å². The molecule has 5 heteroatoms. The van der Waals surface area contributed by atoms with E-state index in [0.29, 0.717) is 13.2 Å². The summed E-state index contributed by atoms with van der Waals surface area (Å²) < 4.78 is 5.63. The summed E-state index contributed by atoms with van der Waals surface area (Å²) in [6.45, 7) is 5.80. The number of aliphatic hydroxyl groups excluding tert-OH is 1. The second-order valence-corrected chi connectivity index (χ2v) is 7.32. The molecule has 1 aliphatic heterocycles. The van der Waals surface area contributed by atoms with Crippen LogP contribution in [-0.2, 0) is 6.54 Å². The van der Waals surface area contributed by atoms with Gasteiger partial charge in [-0.25, -0.2) is 0 Å². The Morgan fingerprint density at radius 1 is 1.29 bits per heavy atom. The molecule has 1 aliphatic rings. The Morgan fingerprint density at radius 3 is 2.46 bits per heavy atom. The summed E-state index contributed by atoms with van der Waals surface area (Å²) in [5.74, 6) is 0.784. The molecule has 2 rings (SSSR count). The van der Waals surface area contributed by atoms with Gasteiger partial charge in [0.1, 0.15) is 18.5 Å². The van der Waals surface area contributed by atoms with Crippen molar-refractivity contribution in [3.63, 3.8) is 0 Å². The number of likely N-dealkylation sites (N-methyl/N-ethyl adjacent to an activating group) is 1. The standard InChI is InChI=1S/C19H29N3O2/c1-19(15-20)8-10-22(11-9-19)12-16-4-6-18(7-5-16)24-14-17(23)13-21(2)3/h4-7,17,23H,8-14H2,1-3H3/t17-/m1/s1. The fraction of sp³-hybridized carbons (Fsp3) is 0.632. The SMILES string of the molecule is CN(C)C[C@@H](O)COc1ccc(CN2CCC(C)(C#N)CC2)cc1. The molecule has 1 heterocycles. The van der Waals surface area contributed by atoms with E-state index in [9.17, 15) is 10.4 Å². The molecule has 0 amide bonds. The third-order valence-electron chi connectivity index (χ3n) is 4.58. The van der Waals surface area contributed by atoms with Gasteiger partial charge in [-0.2, -0.15) is 5.26 Å². The van der Waals surface area contributed by atoms with Crippen LogP contribution in [0.2, 0.25) is 0 Å². The Kier molecular flexibility index (Phi) is 6.61. The van der Waals surface area contributed by atoms with Gasteiger partial charge in [-0.15, -0.1) is 0 Å². The molecule has 0 bridgehead atoms. The summed E-state index contributed by atoms with van der Waals surface area (Å²) in [7, 11) is 3.86. The molecular weight excluding hydrogens is 302 g/mol. The molecule has 1 atom stereocenters. The van der Waals surface area contributed by atoms with Crippen LogP contribution < -0.4 is 4.74 Å². The van der Waals surface area contributed by atoms with Crippen LogP contribution in [0.3, 0.4) is 0 Å². The zero-order valence-corrected chi connectivity index (χ0v) is 15.0. The minimum atomic E-state index is -0.484. The van der Waals surface area contributed by atoms with Crippen LogP contribution >= 0.6 is 0 Å². The number of aliphatic hydroxyl groups is 1. The van der Waals surface area contributed by atoms with E-state index in [1.54, 1.807) is 0 Å². The van der Waals surface area contributed by atoms with Gasteiger partial charge in [-0.1, -0.05) is 12.1 Å². The molecule has 0 saturated carbocycles. The van der Waals surface area contributed by atoms with Gasteiger partial charge in [0.15, 0.2) is 0 Å². The summed E-state index contributed by atoms with van der Waals surface area (Å²) >= 11 is 0. The highest BCUT2D eigenvalue weighted by Gasteiger charge is 2.29. The van der Waals surface area contributed by atoms with E-state index < -0.39 is 6.10 Å². The van der Waals surface area contributed by atoms with Crippen LogP contribution in [0.5, 0.6) is 5.75 Å². The average molecular weight is 331 g/mol. The number of hydrogen-bond acceptors (Lipinski definition) is 5. The molecule has 1 aromatic rings. The number of ether oxygens (including phenoxy) is 1. The minimum absolute atomic E-state index is 0.151. The Balaban J connectivity index is 1.77. The third kappa shape index (κ3) is 5.79. The lowest BCUT2D eigenvalue weighted by molar-refractivity contribution is 0.0831. The zero-order valence-electron chi connectivity index (χ0n) is 15.0. The highest BCUT2D eigenvalue weighted by molar-refractivity contribution is 5.27. The van der Waals surface area contributed by atoms with Crippen LogP contribution in [0.1, 0.15) is 25.3 Å². The van der Waals surface area contributed by atoms with E-state index in [0.717, 1.165) is 38.2 Å². The number of piperidine rings is 1. The van der Waals surface area contributed by atoms with Crippen molar-refractivity contribution in [2.45, 2.75) is 32.4 Å². The van der Waals surface area contributed by atoms with Crippen molar-refractivity contribution in [1.29, 1.82) is 5.26 Å². The molecule has 0 aromatic heterocycles. The third-order valence-corrected chi connectivity index (χ3v) is 4.58. The van der Waals surface area contributed by atoms with Gasteiger partial charge >= 0.3 is 0 Å². The van der Waals surface area contributed by atoms with E-state index in [-0.39, 0.29) is 5.41 Å². The monoisotopic (exact) mass is 331 g/mol. The summed E-state index contributed by atoms with van der Waals surface area (Å²) in [5.41, 5.74) is 1.10. The summed E-state index contributed by atoms with van der Waals surface area (Å²) in [5, 5.41) is 19.0. The highest BCUT2D eigenvalue weighted by atomic mass is 16.5. The quantitative estimate of drug-likeness (QED) is 0.829. The van der Waals surface area contributed by atoms with Crippen molar-refractivity contribution in [3.8, 4) is 11.8 Å². The lowest BCUT2D eigenvalue weighted by atomic mass is 9.82. The van der Waals surface area contributed by atoms with E-state index in [2.05, 4.69) is 30.0 Å². The lowest BCUT2D eigenvalue weighted by Crippen LogP contribution is -2.37. The van der Waals surface area contributed by atoms with Gasteiger partial charge in [0.25, 0.3) is 0 Å². The molecule has 1 N–H and O–H groups in total. The lowest BCUT2D eigenvalue weighted by Gasteiger charge is -2.34. The number of hydrogen-bond donors (Lipinski definition) is 1. The van der Waals surface area contributed by atoms with Gasteiger partial charge in [-0.05, 0) is 64.6 Å². The first-order chi connectivity index (χ1) is 11.4. The molecule has 0 unspecified atom stereocenters. The fourth-order valence-corrected chi connectivity index (χ4v) is 2.93. The summed E-state index contributed by atoms with van der Waals surface area (Å²) in [6.07, 6.45) is 1.39. The Hall–Kier alpha value is -1.61. The van der Waals surface area contributed by atoms with Gasteiger partial charge < -0.3 is 14.7 Å². The Bertz CT molecular complexity index is 543. The number of rotatable bonds is 7. The Morgan fingerprint density at radius 2 is 1.92 bits per heavy atom. The summed E-state index contributed by atoms with van der Waals surface area (Å²) in [6, 6.07) is 10.5. The van der Waals surface area contributed by atoms with Crippen LogP contribution in [0.25, 0.3) is 0 Å². The summed E-state index contributed by atoms with van der Waals surface area (Å²) in [4.78, 5) is 4.34. The number of nitriles is 1.